The van der Waals surface area contributed by atoms with E-state index in [9.17, 15) is 9.59 Å². The second kappa shape index (κ2) is 7.54. The van der Waals surface area contributed by atoms with Crippen molar-refractivity contribution in [2.24, 2.45) is 0 Å². The molecule has 27 heavy (non-hydrogen) atoms. The summed E-state index contributed by atoms with van der Waals surface area (Å²) in [7, 11) is 0. The Kier molecular flexibility index (Phi) is 4.96. The van der Waals surface area contributed by atoms with E-state index in [1.807, 2.05) is 41.8 Å². The lowest BCUT2D eigenvalue weighted by Gasteiger charge is -2.16. The van der Waals surface area contributed by atoms with Crippen molar-refractivity contribution in [1.29, 1.82) is 0 Å². The van der Waals surface area contributed by atoms with Crippen LogP contribution in [-0.2, 0) is 22.7 Å². The first kappa shape index (κ1) is 17.8. The topological polar surface area (TPSA) is 64.6 Å². The molecule has 4 rings (SSSR count). The highest BCUT2D eigenvalue weighted by atomic mass is 32.1. The zero-order valence-electron chi connectivity index (χ0n) is 14.6. The zero-order valence-corrected chi connectivity index (χ0v) is 16.2. The molecule has 0 saturated carbocycles. The Hall–Kier alpha value is -2.64. The molecule has 0 bridgehead atoms. The number of esters is 1. The van der Waals surface area contributed by atoms with Crippen LogP contribution in [0.3, 0.4) is 0 Å². The Morgan fingerprint density at radius 2 is 2.11 bits per heavy atom. The molecule has 0 spiro atoms. The van der Waals surface area contributed by atoms with Crippen molar-refractivity contribution in [2.75, 3.05) is 0 Å². The predicted octanol–water partition coefficient (Wildman–Crippen LogP) is 4.23. The summed E-state index contributed by atoms with van der Waals surface area (Å²) < 4.78 is 11.1. The van der Waals surface area contributed by atoms with E-state index >= 15 is 0 Å². The summed E-state index contributed by atoms with van der Waals surface area (Å²) in [5, 5.41) is 4.73. The third kappa shape index (κ3) is 3.74. The van der Waals surface area contributed by atoms with E-state index in [0.717, 1.165) is 26.6 Å². The third-order valence-electron chi connectivity index (χ3n) is 4.20. The number of carbonyl (C=O) groups excluding carboxylic acids is 2. The Morgan fingerprint density at radius 3 is 2.93 bits per heavy atom. The lowest BCUT2D eigenvalue weighted by atomic mass is 10.1. The second-order valence-corrected chi connectivity index (χ2v) is 8.18. The molecule has 1 aliphatic heterocycles. The van der Waals surface area contributed by atoms with E-state index in [-0.39, 0.29) is 5.91 Å². The molecule has 1 aromatic carbocycles. The van der Waals surface area contributed by atoms with Crippen LogP contribution in [-0.4, -0.2) is 18.0 Å². The maximum absolute atomic E-state index is 12.5. The fourth-order valence-electron chi connectivity index (χ4n) is 2.80. The van der Waals surface area contributed by atoms with Crippen LogP contribution in [0.2, 0.25) is 0 Å². The van der Waals surface area contributed by atoms with Gasteiger partial charge in [-0.05, 0) is 36.6 Å². The summed E-state index contributed by atoms with van der Waals surface area (Å²) >= 11 is 2.93. The van der Waals surface area contributed by atoms with E-state index in [1.165, 1.54) is 11.3 Å². The lowest BCUT2D eigenvalue weighted by molar-refractivity contribution is -0.129. The van der Waals surface area contributed by atoms with Gasteiger partial charge in [-0.1, -0.05) is 18.2 Å². The number of ether oxygens (including phenoxy) is 2. The fraction of sp³-hybridized carbons (Fsp3) is 0.200. The molecular formula is C20H17NO4S2. The van der Waals surface area contributed by atoms with Gasteiger partial charge in [0.2, 0.25) is 0 Å². The van der Waals surface area contributed by atoms with Crippen molar-refractivity contribution in [2.45, 2.75) is 26.2 Å². The number of benzene rings is 1. The SMILES string of the molecule is C[C@H](OC(=O)c1cc2c(s1)-c1ccccc1OC2)C(=O)NCc1cccs1. The number of nitrogens with one attached hydrogen (secondary N) is 1. The highest BCUT2D eigenvalue weighted by Crippen LogP contribution is 2.42. The zero-order chi connectivity index (χ0) is 18.8. The summed E-state index contributed by atoms with van der Waals surface area (Å²) in [6.45, 7) is 2.43. The van der Waals surface area contributed by atoms with Crippen LogP contribution in [0, 0.1) is 0 Å². The van der Waals surface area contributed by atoms with Gasteiger partial charge in [0.25, 0.3) is 5.91 Å². The Balaban J connectivity index is 1.42. The van der Waals surface area contributed by atoms with Gasteiger partial charge in [-0.3, -0.25) is 4.79 Å². The number of para-hydroxylation sites is 1. The van der Waals surface area contributed by atoms with Crippen molar-refractivity contribution < 1.29 is 19.1 Å². The average Bonchev–Trinajstić information content (AvgIpc) is 3.35. The lowest BCUT2D eigenvalue weighted by Crippen LogP contribution is -2.35. The number of carbonyl (C=O) groups is 2. The monoisotopic (exact) mass is 399 g/mol. The number of rotatable bonds is 5. The van der Waals surface area contributed by atoms with Gasteiger partial charge in [0, 0.05) is 20.9 Å². The van der Waals surface area contributed by atoms with E-state index in [2.05, 4.69) is 5.32 Å². The van der Waals surface area contributed by atoms with Crippen molar-refractivity contribution in [3.63, 3.8) is 0 Å². The summed E-state index contributed by atoms with van der Waals surface area (Å²) in [6.07, 6.45) is -0.861. The molecule has 2 aromatic heterocycles. The maximum Gasteiger partial charge on any atom is 0.349 e. The quantitative estimate of drug-likeness (QED) is 0.652. The van der Waals surface area contributed by atoms with Crippen molar-refractivity contribution >= 4 is 34.6 Å². The molecule has 0 radical (unpaired) electrons. The molecule has 0 aliphatic carbocycles. The molecule has 1 aliphatic rings. The van der Waals surface area contributed by atoms with Crippen molar-refractivity contribution in [1.82, 2.24) is 5.32 Å². The van der Waals surface area contributed by atoms with Gasteiger partial charge < -0.3 is 14.8 Å². The van der Waals surface area contributed by atoms with Gasteiger partial charge in [0.15, 0.2) is 6.10 Å². The van der Waals surface area contributed by atoms with Crippen LogP contribution < -0.4 is 10.1 Å². The number of thiophene rings is 2. The summed E-state index contributed by atoms with van der Waals surface area (Å²) in [6, 6.07) is 13.4. The number of hydrogen-bond donors (Lipinski definition) is 1. The van der Waals surface area contributed by atoms with Gasteiger partial charge in [0.1, 0.15) is 17.2 Å². The number of hydrogen-bond acceptors (Lipinski definition) is 6. The largest absolute Gasteiger partial charge is 0.488 e. The number of amides is 1. The molecule has 1 amide bonds. The molecule has 0 fully saturated rings. The van der Waals surface area contributed by atoms with Crippen LogP contribution in [0.5, 0.6) is 5.75 Å². The van der Waals surface area contributed by atoms with Crippen LogP contribution in [0.25, 0.3) is 10.4 Å². The highest BCUT2D eigenvalue weighted by molar-refractivity contribution is 7.17. The van der Waals surface area contributed by atoms with Gasteiger partial charge >= 0.3 is 5.97 Å². The molecular weight excluding hydrogens is 382 g/mol. The molecule has 3 heterocycles. The standard InChI is InChI=1S/C20H17NO4S2/c1-12(19(22)21-10-14-5-4-8-26-14)25-20(23)17-9-13-11-24-16-7-3-2-6-15(16)18(13)27-17/h2-9,12H,10-11H2,1H3,(H,21,22)/t12-/m0/s1. The van der Waals surface area contributed by atoms with E-state index < -0.39 is 12.1 Å². The predicted molar refractivity (Wildman–Crippen MR) is 105 cm³/mol. The first-order valence-electron chi connectivity index (χ1n) is 8.48. The van der Waals surface area contributed by atoms with Gasteiger partial charge in [-0.15, -0.1) is 22.7 Å². The molecule has 138 valence electrons. The molecule has 0 unspecified atom stereocenters. The molecule has 0 saturated heterocycles. The average molecular weight is 399 g/mol. The molecule has 1 N–H and O–H groups in total. The summed E-state index contributed by atoms with van der Waals surface area (Å²) in [5.74, 6) is 0.00509. The van der Waals surface area contributed by atoms with Gasteiger partial charge in [0.05, 0.1) is 6.54 Å². The maximum atomic E-state index is 12.5. The smallest absolute Gasteiger partial charge is 0.349 e. The Bertz CT molecular complexity index is 978. The minimum absolute atomic E-state index is 0.313. The first-order valence-corrected chi connectivity index (χ1v) is 10.2. The van der Waals surface area contributed by atoms with E-state index in [1.54, 1.807) is 24.3 Å². The molecule has 3 aromatic rings. The summed E-state index contributed by atoms with van der Waals surface area (Å²) in [5.41, 5.74) is 1.94. The first-order chi connectivity index (χ1) is 13.1. The second-order valence-electron chi connectivity index (χ2n) is 6.09. The molecule has 1 atom stereocenters. The minimum atomic E-state index is -0.861. The van der Waals surface area contributed by atoms with Gasteiger partial charge in [-0.2, -0.15) is 0 Å². The van der Waals surface area contributed by atoms with Crippen LogP contribution >= 0.6 is 22.7 Å². The minimum Gasteiger partial charge on any atom is -0.488 e. The van der Waals surface area contributed by atoms with Gasteiger partial charge in [-0.25, -0.2) is 4.79 Å². The summed E-state index contributed by atoms with van der Waals surface area (Å²) in [4.78, 5) is 27.2. The Morgan fingerprint density at radius 1 is 1.26 bits per heavy atom. The highest BCUT2D eigenvalue weighted by Gasteiger charge is 2.25. The number of fused-ring (bicyclic) bond motifs is 3. The van der Waals surface area contributed by atoms with Crippen LogP contribution in [0.4, 0.5) is 0 Å². The Labute approximate surface area is 164 Å². The molecule has 7 heteroatoms. The van der Waals surface area contributed by atoms with E-state index in [4.69, 9.17) is 9.47 Å². The van der Waals surface area contributed by atoms with Crippen LogP contribution in [0.1, 0.15) is 27.0 Å². The van der Waals surface area contributed by atoms with E-state index in [0.29, 0.717) is 18.0 Å². The van der Waals surface area contributed by atoms with Crippen molar-refractivity contribution in [3.05, 3.63) is 63.2 Å². The third-order valence-corrected chi connectivity index (χ3v) is 6.26. The fourth-order valence-corrected chi connectivity index (χ4v) is 4.53. The molecule has 5 nitrogen and oxygen atoms in total. The van der Waals surface area contributed by atoms with Crippen molar-refractivity contribution in [3.8, 4) is 16.2 Å². The normalized spacial score (nSPS) is 13.1. The van der Waals surface area contributed by atoms with Crippen LogP contribution in [0.15, 0.2) is 47.8 Å².